The molecule has 0 spiro atoms. The van der Waals surface area contributed by atoms with E-state index < -0.39 is 0 Å². The maximum absolute atomic E-state index is 13.3. The fraction of sp³-hybridized carbons (Fsp3) is 0.571. The summed E-state index contributed by atoms with van der Waals surface area (Å²) in [5.74, 6) is 0.605. The number of benzene rings is 1. The third-order valence-corrected chi connectivity index (χ3v) is 8.65. The van der Waals surface area contributed by atoms with Gasteiger partial charge in [0.1, 0.15) is 11.6 Å². The van der Waals surface area contributed by atoms with Crippen molar-refractivity contribution in [2.75, 3.05) is 44.6 Å². The highest BCUT2D eigenvalue weighted by atomic mass is 32.1. The monoisotopic (exact) mass is 543 g/mol. The minimum Gasteiger partial charge on any atom is -0.333 e. The number of carbonyl (C=O) groups excluding carboxylic acids is 3. The summed E-state index contributed by atoms with van der Waals surface area (Å²) in [5, 5.41) is 6.34. The molecule has 0 radical (unpaired) electrons. The van der Waals surface area contributed by atoms with Crippen molar-refractivity contribution in [1.82, 2.24) is 20.1 Å². The second-order valence-electron chi connectivity index (χ2n) is 10.8. The Morgan fingerprint density at radius 3 is 2.53 bits per heavy atom. The molecule has 10 heteroatoms. The molecule has 2 N–H and O–H groups in total. The lowest BCUT2D eigenvalue weighted by molar-refractivity contribution is -0.118. The predicted molar refractivity (Wildman–Crippen MR) is 147 cm³/mol. The molecule has 38 heavy (non-hydrogen) atoms. The summed E-state index contributed by atoms with van der Waals surface area (Å²) < 4.78 is 13.3. The first-order valence-electron chi connectivity index (χ1n) is 13.4. The van der Waals surface area contributed by atoms with Gasteiger partial charge in [-0.15, -0.1) is 0 Å². The highest BCUT2D eigenvalue weighted by Crippen LogP contribution is 2.26. The first-order valence-corrected chi connectivity index (χ1v) is 14.2. The number of rotatable bonds is 9. The SMILES string of the molecule is CC(=O)CN1CC[C@@H](CN2CCCC(Cc3ccc(F)cc3)C2)[C@@H](NC(=O)Nc2nc(C)c(C(C)=O)s2)C1. The molecule has 2 aliphatic heterocycles. The van der Waals surface area contributed by atoms with Gasteiger partial charge in [0.2, 0.25) is 0 Å². The number of nitrogens with one attached hydrogen (secondary N) is 2. The van der Waals surface area contributed by atoms with Crippen LogP contribution in [0.1, 0.15) is 54.0 Å². The maximum atomic E-state index is 13.3. The molecular weight excluding hydrogens is 505 g/mol. The van der Waals surface area contributed by atoms with Crippen LogP contribution in [0.15, 0.2) is 24.3 Å². The van der Waals surface area contributed by atoms with E-state index in [1.807, 2.05) is 12.1 Å². The molecule has 1 unspecified atom stereocenters. The Hall–Kier alpha value is -2.69. The Morgan fingerprint density at radius 1 is 1.08 bits per heavy atom. The number of carbonyl (C=O) groups is 3. The number of ketones is 2. The molecule has 1 aromatic carbocycles. The molecule has 2 aromatic rings. The van der Waals surface area contributed by atoms with Crippen LogP contribution in [0.4, 0.5) is 14.3 Å². The Balaban J connectivity index is 1.38. The van der Waals surface area contributed by atoms with Crippen LogP contribution in [0.25, 0.3) is 0 Å². The summed E-state index contributed by atoms with van der Waals surface area (Å²) in [6.45, 7) is 9.54. The number of Topliss-reactive ketones (excluding diaryl/α,β-unsaturated/α-hetero) is 2. The van der Waals surface area contributed by atoms with Crippen LogP contribution >= 0.6 is 11.3 Å². The van der Waals surface area contributed by atoms with E-state index in [2.05, 4.69) is 25.4 Å². The Kier molecular flexibility index (Phi) is 9.62. The minimum absolute atomic E-state index is 0.0695. The van der Waals surface area contributed by atoms with Crippen molar-refractivity contribution >= 4 is 34.1 Å². The molecule has 2 amide bonds. The van der Waals surface area contributed by atoms with E-state index in [-0.39, 0.29) is 35.4 Å². The summed E-state index contributed by atoms with van der Waals surface area (Å²) in [6.07, 6.45) is 4.11. The van der Waals surface area contributed by atoms with Crippen LogP contribution in [-0.2, 0) is 11.2 Å². The first-order chi connectivity index (χ1) is 18.2. The van der Waals surface area contributed by atoms with Crippen LogP contribution in [0.5, 0.6) is 0 Å². The number of hydrogen-bond acceptors (Lipinski definition) is 7. The highest BCUT2D eigenvalue weighted by Gasteiger charge is 2.33. The number of aromatic nitrogens is 1. The van der Waals surface area contributed by atoms with Crippen molar-refractivity contribution in [2.45, 2.75) is 52.5 Å². The molecule has 3 heterocycles. The molecular formula is C28H38FN5O3S. The number of piperidine rings is 2. The number of amides is 2. The molecule has 3 atom stereocenters. The van der Waals surface area contributed by atoms with Gasteiger partial charge in [0.15, 0.2) is 10.9 Å². The van der Waals surface area contributed by atoms with E-state index >= 15 is 0 Å². The van der Waals surface area contributed by atoms with E-state index in [9.17, 15) is 18.8 Å². The molecule has 2 fully saturated rings. The number of hydrogen-bond donors (Lipinski definition) is 2. The molecule has 0 bridgehead atoms. The second-order valence-corrected chi connectivity index (χ2v) is 11.8. The van der Waals surface area contributed by atoms with Gasteiger partial charge in [-0.1, -0.05) is 23.5 Å². The fourth-order valence-corrected chi connectivity index (χ4v) is 6.61. The van der Waals surface area contributed by atoms with Crippen LogP contribution in [0.2, 0.25) is 0 Å². The van der Waals surface area contributed by atoms with Crippen LogP contribution in [-0.4, -0.2) is 77.7 Å². The zero-order chi connectivity index (χ0) is 27.2. The first kappa shape index (κ1) is 28.3. The lowest BCUT2D eigenvalue weighted by Crippen LogP contribution is -2.57. The van der Waals surface area contributed by atoms with Crippen molar-refractivity contribution in [3.63, 3.8) is 0 Å². The highest BCUT2D eigenvalue weighted by molar-refractivity contribution is 7.17. The van der Waals surface area contributed by atoms with E-state index in [0.717, 1.165) is 57.4 Å². The van der Waals surface area contributed by atoms with Crippen LogP contribution < -0.4 is 10.6 Å². The van der Waals surface area contributed by atoms with Gasteiger partial charge in [-0.2, -0.15) is 0 Å². The average molecular weight is 544 g/mol. The standard InChI is InChI=1S/C28H38FN5O3S/c1-18(35)14-34-12-10-23(16-33-11-4-5-22(15-33)13-21-6-8-24(29)9-7-21)25(17-34)31-27(37)32-28-30-19(2)26(38-28)20(3)36/h6-9,22-23,25H,4-5,10-17H2,1-3H3,(H2,30,31,32,37)/t22?,23-,25-/m0/s1. The van der Waals surface area contributed by atoms with Crippen LogP contribution in [0.3, 0.4) is 0 Å². The normalized spacial score (nSPS) is 22.7. The number of aryl methyl sites for hydroxylation is 1. The van der Waals surface area contributed by atoms with Crippen molar-refractivity contribution in [2.24, 2.45) is 11.8 Å². The number of thiazole rings is 1. The second kappa shape index (κ2) is 12.9. The zero-order valence-corrected chi connectivity index (χ0v) is 23.3. The van der Waals surface area contributed by atoms with Crippen molar-refractivity contribution < 1.29 is 18.8 Å². The molecule has 2 saturated heterocycles. The van der Waals surface area contributed by atoms with Crippen molar-refractivity contribution in [3.05, 3.63) is 46.2 Å². The van der Waals surface area contributed by atoms with E-state index in [0.29, 0.717) is 34.7 Å². The number of halogens is 1. The Morgan fingerprint density at radius 2 is 1.84 bits per heavy atom. The Bertz CT molecular complexity index is 1140. The van der Waals surface area contributed by atoms with Gasteiger partial charge in [0.25, 0.3) is 0 Å². The van der Waals surface area contributed by atoms with Gasteiger partial charge < -0.3 is 10.2 Å². The summed E-state index contributed by atoms with van der Waals surface area (Å²) >= 11 is 1.18. The number of urea groups is 1. The van der Waals surface area contributed by atoms with Crippen LogP contribution in [0, 0.1) is 24.6 Å². The van der Waals surface area contributed by atoms with Gasteiger partial charge in [0.05, 0.1) is 17.1 Å². The van der Waals surface area contributed by atoms with Gasteiger partial charge in [-0.25, -0.2) is 14.2 Å². The molecule has 8 nitrogen and oxygen atoms in total. The smallest absolute Gasteiger partial charge is 0.321 e. The lowest BCUT2D eigenvalue weighted by Gasteiger charge is -2.42. The summed E-state index contributed by atoms with van der Waals surface area (Å²) in [5.41, 5.74) is 1.78. The Labute approximate surface area is 228 Å². The summed E-state index contributed by atoms with van der Waals surface area (Å²) in [6, 6.07) is 6.34. The predicted octanol–water partition coefficient (Wildman–Crippen LogP) is 4.15. The van der Waals surface area contributed by atoms with E-state index in [1.54, 1.807) is 13.8 Å². The van der Waals surface area contributed by atoms with Gasteiger partial charge in [-0.05, 0) is 82.2 Å². The van der Waals surface area contributed by atoms with Crippen molar-refractivity contribution in [3.8, 4) is 0 Å². The molecule has 1 aromatic heterocycles. The average Bonchev–Trinajstić information content (AvgIpc) is 3.22. The molecule has 4 rings (SSSR count). The summed E-state index contributed by atoms with van der Waals surface area (Å²) in [4.78, 5) is 46.0. The van der Waals surface area contributed by atoms with E-state index in [1.165, 1.54) is 30.4 Å². The third-order valence-electron chi connectivity index (χ3n) is 7.47. The van der Waals surface area contributed by atoms with E-state index in [4.69, 9.17) is 0 Å². The molecule has 206 valence electrons. The minimum atomic E-state index is -0.346. The molecule has 0 aliphatic carbocycles. The van der Waals surface area contributed by atoms with Gasteiger partial charge in [0, 0.05) is 32.6 Å². The quantitative estimate of drug-likeness (QED) is 0.462. The lowest BCUT2D eigenvalue weighted by atomic mass is 9.87. The topological polar surface area (TPSA) is 94.6 Å². The van der Waals surface area contributed by atoms with Gasteiger partial charge >= 0.3 is 6.03 Å². The largest absolute Gasteiger partial charge is 0.333 e. The fourth-order valence-electron chi connectivity index (χ4n) is 5.76. The number of anilines is 1. The summed E-state index contributed by atoms with van der Waals surface area (Å²) in [7, 11) is 0. The number of nitrogens with zero attached hydrogens (tertiary/aromatic N) is 3. The number of likely N-dealkylation sites (tertiary alicyclic amines) is 2. The third kappa shape index (κ3) is 7.91. The molecule has 0 saturated carbocycles. The maximum Gasteiger partial charge on any atom is 0.321 e. The zero-order valence-electron chi connectivity index (χ0n) is 22.5. The van der Waals surface area contributed by atoms with Gasteiger partial charge in [-0.3, -0.25) is 19.8 Å². The molecule has 2 aliphatic rings. The van der Waals surface area contributed by atoms with Crippen molar-refractivity contribution in [1.29, 1.82) is 0 Å².